The lowest BCUT2D eigenvalue weighted by Gasteiger charge is -2.13. The monoisotopic (exact) mass is 471 g/mol. The molecule has 0 saturated heterocycles. The first kappa shape index (κ1) is 23.6. The zero-order valence-electron chi connectivity index (χ0n) is 19.5. The van der Waals surface area contributed by atoms with Crippen molar-refractivity contribution in [3.63, 3.8) is 0 Å². The predicted molar refractivity (Wildman–Crippen MR) is 131 cm³/mol. The van der Waals surface area contributed by atoms with Gasteiger partial charge in [-0.25, -0.2) is 4.79 Å². The molecule has 178 valence electrons. The van der Waals surface area contributed by atoms with Crippen LogP contribution in [-0.4, -0.2) is 36.3 Å². The Labute approximate surface area is 203 Å². The molecule has 4 rings (SSSR count). The molecule has 35 heavy (non-hydrogen) atoms. The summed E-state index contributed by atoms with van der Waals surface area (Å²) >= 11 is 0. The van der Waals surface area contributed by atoms with Crippen LogP contribution in [0.2, 0.25) is 0 Å². The number of carbonyl (C=O) groups is 2. The van der Waals surface area contributed by atoms with E-state index in [-0.39, 0.29) is 0 Å². The molecule has 8 heteroatoms. The summed E-state index contributed by atoms with van der Waals surface area (Å²) in [6, 6.07) is 16.9. The van der Waals surface area contributed by atoms with Crippen LogP contribution in [0, 0.1) is 25.2 Å². The molecule has 0 bridgehead atoms. The Balaban J connectivity index is 1.41. The van der Waals surface area contributed by atoms with E-state index >= 15 is 0 Å². The van der Waals surface area contributed by atoms with Gasteiger partial charge in [0, 0.05) is 23.9 Å². The molecule has 0 radical (unpaired) electrons. The zero-order valence-corrected chi connectivity index (χ0v) is 19.5. The van der Waals surface area contributed by atoms with Gasteiger partial charge in [-0.1, -0.05) is 24.3 Å². The maximum Gasteiger partial charge on any atom is 0.331 e. The SMILES string of the molecule is Cc1c(C#N)c(NC(=O)COC(=O)/C=C/c2ccc3c(c2)OCCCO3)n(-c2ccccc2)c1C. The van der Waals surface area contributed by atoms with Crippen molar-refractivity contribution in [2.45, 2.75) is 20.3 Å². The van der Waals surface area contributed by atoms with E-state index in [2.05, 4.69) is 11.4 Å². The third-order valence-corrected chi connectivity index (χ3v) is 5.63. The largest absolute Gasteiger partial charge is 0.490 e. The minimum Gasteiger partial charge on any atom is -0.490 e. The molecule has 2 heterocycles. The van der Waals surface area contributed by atoms with Gasteiger partial charge < -0.3 is 19.5 Å². The number of amides is 1. The first-order valence-corrected chi connectivity index (χ1v) is 11.2. The van der Waals surface area contributed by atoms with E-state index in [1.54, 1.807) is 28.8 Å². The average molecular weight is 472 g/mol. The number of hydrogen-bond donors (Lipinski definition) is 1. The highest BCUT2D eigenvalue weighted by molar-refractivity contribution is 5.95. The Kier molecular flexibility index (Phi) is 7.17. The first-order chi connectivity index (χ1) is 17.0. The molecule has 0 spiro atoms. The fourth-order valence-electron chi connectivity index (χ4n) is 3.76. The fourth-order valence-corrected chi connectivity index (χ4v) is 3.76. The van der Waals surface area contributed by atoms with Gasteiger partial charge in [0.05, 0.1) is 18.8 Å². The quantitative estimate of drug-likeness (QED) is 0.424. The zero-order chi connectivity index (χ0) is 24.8. The van der Waals surface area contributed by atoms with Crippen molar-refractivity contribution in [2.75, 3.05) is 25.1 Å². The van der Waals surface area contributed by atoms with E-state index in [4.69, 9.17) is 14.2 Å². The summed E-state index contributed by atoms with van der Waals surface area (Å²) in [5, 5.41) is 12.4. The van der Waals surface area contributed by atoms with Crippen LogP contribution in [0.4, 0.5) is 5.82 Å². The van der Waals surface area contributed by atoms with E-state index in [9.17, 15) is 14.9 Å². The molecule has 2 aromatic carbocycles. The highest BCUT2D eigenvalue weighted by Crippen LogP contribution is 2.31. The fraction of sp³-hybridized carbons (Fsp3) is 0.222. The minimum absolute atomic E-state index is 0.345. The molecule has 0 aliphatic carbocycles. The molecule has 0 atom stereocenters. The topological polar surface area (TPSA) is 103 Å². The molecule has 1 aliphatic heterocycles. The molecule has 0 fully saturated rings. The number of fused-ring (bicyclic) bond motifs is 1. The second-order valence-electron chi connectivity index (χ2n) is 7.96. The Bertz CT molecular complexity index is 1320. The Hall–Kier alpha value is -4.51. The summed E-state index contributed by atoms with van der Waals surface area (Å²) in [6.07, 6.45) is 3.63. The second-order valence-corrected chi connectivity index (χ2v) is 7.96. The van der Waals surface area contributed by atoms with Gasteiger partial charge in [0.25, 0.3) is 5.91 Å². The summed E-state index contributed by atoms with van der Waals surface area (Å²) < 4.78 is 18.2. The van der Waals surface area contributed by atoms with Crippen LogP contribution >= 0.6 is 0 Å². The molecule has 0 saturated carbocycles. The normalized spacial score (nSPS) is 12.6. The van der Waals surface area contributed by atoms with Crippen LogP contribution in [0.15, 0.2) is 54.6 Å². The molecular formula is C27H25N3O5. The molecule has 3 aromatic rings. The predicted octanol–water partition coefficient (Wildman–Crippen LogP) is 4.32. The van der Waals surface area contributed by atoms with Crippen LogP contribution < -0.4 is 14.8 Å². The molecule has 1 aromatic heterocycles. The summed E-state index contributed by atoms with van der Waals surface area (Å²) in [6.45, 7) is 4.38. The maximum absolute atomic E-state index is 12.6. The van der Waals surface area contributed by atoms with E-state index in [1.165, 1.54) is 6.08 Å². The molecule has 1 N–H and O–H groups in total. The third kappa shape index (κ3) is 5.36. The van der Waals surface area contributed by atoms with Gasteiger partial charge in [-0.15, -0.1) is 0 Å². The van der Waals surface area contributed by atoms with E-state index in [0.717, 1.165) is 28.9 Å². The number of nitriles is 1. The van der Waals surface area contributed by atoms with Crippen molar-refractivity contribution in [3.8, 4) is 23.3 Å². The van der Waals surface area contributed by atoms with E-state index in [0.29, 0.717) is 36.1 Å². The van der Waals surface area contributed by atoms with Crippen LogP contribution in [0.3, 0.4) is 0 Å². The molecule has 1 aliphatic rings. The minimum atomic E-state index is -0.668. The molecular weight excluding hydrogens is 446 g/mol. The van der Waals surface area contributed by atoms with Gasteiger partial charge in [0.1, 0.15) is 11.9 Å². The summed E-state index contributed by atoms with van der Waals surface area (Å²) in [7, 11) is 0. The van der Waals surface area contributed by atoms with Crippen LogP contribution in [-0.2, 0) is 14.3 Å². The van der Waals surface area contributed by atoms with Gasteiger partial charge >= 0.3 is 5.97 Å². The first-order valence-electron chi connectivity index (χ1n) is 11.2. The van der Waals surface area contributed by atoms with Crippen molar-refractivity contribution in [3.05, 3.63) is 77.0 Å². The second kappa shape index (κ2) is 10.6. The summed E-state index contributed by atoms with van der Waals surface area (Å²) in [5.74, 6) is 0.420. The molecule has 1 amide bonds. The number of benzene rings is 2. The lowest BCUT2D eigenvalue weighted by atomic mass is 10.2. The van der Waals surface area contributed by atoms with Gasteiger partial charge in [0.2, 0.25) is 0 Å². The lowest BCUT2D eigenvalue weighted by Crippen LogP contribution is -2.22. The summed E-state index contributed by atoms with van der Waals surface area (Å²) in [5.41, 5.74) is 3.50. The Morgan fingerprint density at radius 3 is 2.60 bits per heavy atom. The van der Waals surface area contributed by atoms with Gasteiger partial charge in [-0.2, -0.15) is 5.26 Å². The van der Waals surface area contributed by atoms with Gasteiger partial charge in [0.15, 0.2) is 18.1 Å². The smallest absolute Gasteiger partial charge is 0.331 e. The van der Waals surface area contributed by atoms with Crippen molar-refractivity contribution in [1.82, 2.24) is 4.57 Å². The number of esters is 1. The van der Waals surface area contributed by atoms with Crippen LogP contribution in [0.1, 0.15) is 28.8 Å². The van der Waals surface area contributed by atoms with Gasteiger partial charge in [-0.05, 0) is 55.3 Å². The highest BCUT2D eigenvalue weighted by atomic mass is 16.5. The number of nitrogens with one attached hydrogen (secondary N) is 1. The number of para-hydroxylation sites is 1. The number of ether oxygens (including phenoxy) is 3. The Morgan fingerprint density at radius 1 is 1.11 bits per heavy atom. The lowest BCUT2D eigenvalue weighted by molar-refractivity contribution is -0.142. The van der Waals surface area contributed by atoms with Crippen LogP contribution in [0.25, 0.3) is 11.8 Å². The maximum atomic E-state index is 12.6. The number of carbonyl (C=O) groups excluding carboxylic acids is 2. The van der Waals surface area contributed by atoms with Crippen molar-refractivity contribution in [1.29, 1.82) is 5.26 Å². The third-order valence-electron chi connectivity index (χ3n) is 5.63. The molecule has 0 unspecified atom stereocenters. The standard InChI is InChI=1S/C27H25N3O5/c1-18-19(2)30(21-7-4-3-5-8-21)27(22(18)16-28)29-25(31)17-35-26(32)12-10-20-9-11-23-24(15-20)34-14-6-13-33-23/h3-5,7-12,15H,6,13-14,17H2,1-2H3,(H,29,31)/b12-10+. The van der Waals surface area contributed by atoms with Crippen molar-refractivity contribution >= 4 is 23.8 Å². The average Bonchev–Trinajstić information content (AvgIpc) is 3.01. The van der Waals surface area contributed by atoms with E-state index in [1.807, 2.05) is 44.2 Å². The number of anilines is 1. The van der Waals surface area contributed by atoms with Crippen molar-refractivity contribution < 1.29 is 23.8 Å². The molecule has 8 nitrogen and oxygen atoms in total. The summed E-state index contributed by atoms with van der Waals surface area (Å²) in [4.78, 5) is 24.8. The van der Waals surface area contributed by atoms with Crippen molar-refractivity contribution in [2.24, 2.45) is 0 Å². The number of nitrogens with zero attached hydrogens (tertiary/aromatic N) is 2. The highest BCUT2D eigenvalue weighted by Gasteiger charge is 2.21. The number of hydrogen-bond acceptors (Lipinski definition) is 6. The van der Waals surface area contributed by atoms with Crippen LogP contribution in [0.5, 0.6) is 11.5 Å². The Morgan fingerprint density at radius 2 is 1.86 bits per heavy atom. The van der Waals surface area contributed by atoms with Gasteiger partial charge in [-0.3, -0.25) is 9.36 Å². The van der Waals surface area contributed by atoms with E-state index < -0.39 is 18.5 Å². The number of aromatic nitrogens is 1. The number of rotatable bonds is 6.